The number of nitro groups is 1. The van der Waals surface area contributed by atoms with Crippen molar-refractivity contribution in [1.29, 1.82) is 0 Å². The first-order chi connectivity index (χ1) is 11.4. The van der Waals surface area contributed by atoms with Gasteiger partial charge < -0.3 is 10.1 Å². The van der Waals surface area contributed by atoms with Gasteiger partial charge >= 0.3 is 5.69 Å². The zero-order chi connectivity index (χ0) is 17.7. The number of ether oxygens (including phenoxy) is 1. The van der Waals surface area contributed by atoms with Crippen LogP contribution in [0.15, 0.2) is 46.9 Å². The van der Waals surface area contributed by atoms with Gasteiger partial charge in [-0.2, -0.15) is 0 Å². The van der Waals surface area contributed by atoms with E-state index < -0.39 is 4.92 Å². The smallest absolute Gasteiger partial charge is 0.312 e. The minimum atomic E-state index is -0.608. The number of hydrogen-bond acceptors (Lipinski definition) is 4. The van der Waals surface area contributed by atoms with E-state index in [1.165, 1.54) is 18.2 Å². The maximum absolute atomic E-state index is 12.0. The average Bonchev–Trinajstić information content (AvgIpc) is 2.54. The van der Waals surface area contributed by atoms with Gasteiger partial charge in [-0.05, 0) is 36.8 Å². The number of carbonyl (C=O) groups excluding carboxylic acids is 1. The van der Waals surface area contributed by atoms with Gasteiger partial charge in [0.2, 0.25) is 0 Å². The fourth-order valence-electron chi connectivity index (χ4n) is 2.02. The maximum atomic E-state index is 12.0. The van der Waals surface area contributed by atoms with Crippen molar-refractivity contribution in [3.8, 4) is 5.75 Å². The molecule has 0 aromatic heterocycles. The summed E-state index contributed by atoms with van der Waals surface area (Å²) in [4.78, 5) is 22.3. The number of nitrogens with one attached hydrogen (secondary N) is 1. The Hall–Kier alpha value is -2.12. The third-order valence-corrected chi connectivity index (χ3v) is 3.99. The lowest BCUT2D eigenvalue weighted by atomic mass is 10.1. The number of halogens is 2. The molecule has 0 aliphatic heterocycles. The molecule has 0 aliphatic carbocycles. The van der Waals surface area contributed by atoms with Crippen LogP contribution in [0, 0.1) is 10.1 Å². The molecule has 0 fully saturated rings. The van der Waals surface area contributed by atoms with Crippen LogP contribution in [0.3, 0.4) is 0 Å². The highest BCUT2D eigenvalue weighted by Crippen LogP contribution is 2.29. The molecule has 24 heavy (non-hydrogen) atoms. The standard InChI is InChI=1S/C16H14BrClN2O4/c1-10(11-2-4-12(17)5-3-11)19-16(21)9-24-15-7-6-13(18)8-14(15)20(22)23/h2-8,10H,9H2,1H3,(H,19,21)/t10-/m0/s1. The summed E-state index contributed by atoms with van der Waals surface area (Å²) in [6.07, 6.45) is 0. The topological polar surface area (TPSA) is 81.5 Å². The number of carbonyl (C=O) groups is 1. The Balaban J connectivity index is 1.96. The van der Waals surface area contributed by atoms with Gasteiger partial charge in [0.05, 0.1) is 11.0 Å². The van der Waals surface area contributed by atoms with Crippen molar-refractivity contribution in [1.82, 2.24) is 5.32 Å². The number of nitro benzene ring substituents is 1. The minimum absolute atomic E-state index is 0.00385. The summed E-state index contributed by atoms with van der Waals surface area (Å²) in [6.45, 7) is 1.51. The first-order valence-electron chi connectivity index (χ1n) is 6.98. The van der Waals surface area contributed by atoms with Gasteiger partial charge in [-0.3, -0.25) is 14.9 Å². The van der Waals surface area contributed by atoms with Gasteiger partial charge in [0, 0.05) is 15.6 Å². The molecule has 1 N–H and O–H groups in total. The number of nitrogens with zero attached hydrogens (tertiary/aromatic N) is 1. The lowest BCUT2D eigenvalue weighted by molar-refractivity contribution is -0.385. The number of hydrogen-bond donors (Lipinski definition) is 1. The number of benzene rings is 2. The van der Waals surface area contributed by atoms with Crippen LogP contribution in [0.2, 0.25) is 5.02 Å². The van der Waals surface area contributed by atoms with E-state index in [0.29, 0.717) is 0 Å². The Bertz CT molecular complexity index is 752. The van der Waals surface area contributed by atoms with E-state index in [9.17, 15) is 14.9 Å². The largest absolute Gasteiger partial charge is 0.477 e. The molecule has 0 bridgehead atoms. The third kappa shape index (κ3) is 4.94. The van der Waals surface area contributed by atoms with Gasteiger partial charge in [0.15, 0.2) is 12.4 Å². The Morgan fingerprint density at radius 3 is 2.62 bits per heavy atom. The minimum Gasteiger partial charge on any atom is -0.477 e. The summed E-state index contributed by atoms with van der Waals surface area (Å²) in [5.74, 6) is -0.384. The fourth-order valence-corrected chi connectivity index (χ4v) is 2.45. The van der Waals surface area contributed by atoms with Crippen molar-refractivity contribution in [2.75, 3.05) is 6.61 Å². The van der Waals surface area contributed by atoms with E-state index in [1.807, 2.05) is 31.2 Å². The summed E-state index contributed by atoms with van der Waals surface area (Å²) in [5.41, 5.74) is 0.653. The lowest BCUT2D eigenvalue weighted by Gasteiger charge is -2.15. The van der Waals surface area contributed by atoms with Crippen LogP contribution in [-0.2, 0) is 4.79 Å². The molecule has 0 radical (unpaired) electrons. The van der Waals surface area contributed by atoms with Crippen LogP contribution < -0.4 is 10.1 Å². The molecule has 2 aromatic carbocycles. The Morgan fingerprint density at radius 2 is 2.00 bits per heavy atom. The molecule has 0 saturated carbocycles. The van der Waals surface area contributed by atoms with Crippen LogP contribution in [0.4, 0.5) is 5.69 Å². The molecule has 8 heteroatoms. The summed E-state index contributed by atoms with van der Waals surface area (Å²) in [7, 11) is 0. The molecule has 0 heterocycles. The zero-order valence-electron chi connectivity index (χ0n) is 12.7. The molecule has 0 saturated heterocycles. The maximum Gasteiger partial charge on any atom is 0.312 e. The molecule has 2 aromatic rings. The average molecular weight is 414 g/mol. The second-order valence-corrected chi connectivity index (χ2v) is 6.35. The molecule has 6 nitrogen and oxygen atoms in total. The SMILES string of the molecule is C[C@H](NC(=O)COc1ccc(Cl)cc1[N+](=O)[O-])c1ccc(Br)cc1. The zero-order valence-corrected chi connectivity index (χ0v) is 15.0. The molecule has 0 unspecified atom stereocenters. The fraction of sp³-hybridized carbons (Fsp3) is 0.188. The molecule has 1 amide bonds. The number of amides is 1. The summed E-state index contributed by atoms with van der Waals surface area (Å²) in [6, 6.07) is 11.3. The Kier molecular flexibility index (Phi) is 6.16. The Labute approximate surface area is 152 Å². The van der Waals surface area contributed by atoms with E-state index in [0.717, 1.165) is 10.0 Å². The van der Waals surface area contributed by atoms with Crippen LogP contribution in [0.25, 0.3) is 0 Å². The van der Waals surface area contributed by atoms with Crippen molar-refractivity contribution in [3.63, 3.8) is 0 Å². The van der Waals surface area contributed by atoms with Crippen LogP contribution in [-0.4, -0.2) is 17.4 Å². The lowest BCUT2D eigenvalue weighted by Crippen LogP contribution is -2.31. The summed E-state index contributed by atoms with van der Waals surface area (Å²) in [5, 5.41) is 14.0. The predicted octanol–water partition coefficient (Wildman–Crippen LogP) is 4.27. The quantitative estimate of drug-likeness (QED) is 0.566. The highest BCUT2D eigenvalue weighted by Gasteiger charge is 2.17. The van der Waals surface area contributed by atoms with E-state index in [-0.39, 0.29) is 35.0 Å². The monoisotopic (exact) mass is 412 g/mol. The Morgan fingerprint density at radius 1 is 1.33 bits per heavy atom. The van der Waals surface area contributed by atoms with Gasteiger partial charge in [0.25, 0.3) is 5.91 Å². The van der Waals surface area contributed by atoms with E-state index in [2.05, 4.69) is 21.2 Å². The van der Waals surface area contributed by atoms with Crippen molar-refractivity contribution >= 4 is 39.1 Å². The van der Waals surface area contributed by atoms with Crippen molar-refractivity contribution in [3.05, 3.63) is 67.6 Å². The van der Waals surface area contributed by atoms with E-state index in [1.54, 1.807) is 0 Å². The molecule has 0 spiro atoms. The third-order valence-electron chi connectivity index (χ3n) is 3.22. The van der Waals surface area contributed by atoms with E-state index >= 15 is 0 Å². The van der Waals surface area contributed by atoms with Gasteiger partial charge in [-0.25, -0.2) is 0 Å². The van der Waals surface area contributed by atoms with Crippen LogP contribution >= 0.6 is 27.5 Å². The highest BCUT2D eigenvalue weighted by molar-refractivity contribution is 9.10. The molecule has 1 atom stereocenters. The molecule has 0 aliphatic rings. The van der Waals surface area contributed by atoms with Gasteiger partial charge in [0.1, 0.15) is 0 Å². The van der Waals surface area contributed by atoms with E-state index in [4.69, 9.17) is 16.3 Å². The van der Waals surface area contributed by atoms with Crippen molar-refractivity contribution in [2.45, 2.75) is 13.0 Å². The normalized spacial score (nSPS) is 11.6. The molecular weight excluding hydrogens is 400 g/mol. The predicted molar refractivity (Wildman–Crippen MR) is 94.3 cm³/mol. The number of rotatable bonds is 6. The molecule has 2 rings (SSSR count). The summed E-state index contributed by atoms with van der Waals surface area (Å²) >= 11 is 9.08. The second kappa shape index (κ2) is 8.12. The highest BCUT2D eigenvalue weighted by atomic mass is 79.9. The molecule has 126 valence electrons. The first-order valence-corrected chi connectivity index (χ1v) is 8.15. The summed E-state index contributed by atoms with van der Waals surface area (Å²) < 4.78 is 6.20. The molecular formula is C16H14BrClN2O4. The van der Waals surface area contributed by atoms with Gasteiger partial charge in [-0.15, -0.1) is 0 Å². The van der Waals surface area contributed by atoms with Crippen molar-refractivity contribution < 1.29 is 14.5 Å². The first kappa shape index (κ1) is 18.2. The second-order valence-electron chi connectivity index (χ2n) is 5.00. The van der Waals surface area contributed by atoms with Crippen LogP contribution in [0.1, 0.15) is 18.5 Å². The van der Waals surface area contributed by atoms with Gasteiger partial charge in [-0.1, -0.05) is 39.7 Å². The van der Waals surface area contributed by atoms with Crippen molar-refractivity contribution in [2.24, 2.45) is 0 Å². The van der Waals surface area contributed by atoms with Crippen LogP contribution in [0.5, 0.6) is 5.75 Å².